The molecular weight excluding hydrogens is 256 g/mol. The Hall–Kier alpha value is -1.88. The highest BCUT2D eigenvalue weighted by Gasteiger charge is 2.33. The van der Waals surface area contributed by atoms with E-state index in [1.165, 1.54) is 11.0 Å². The minimum absolute atomic E-state index is 0.127. The summed E-state index contributed by atoms with van der Waals surface area (Å²) < 4.78 is 0. The first-order chi connectivity index (χ1) is 8.49. The third-order valence-corrected chi connectivity index (χ3v) is 2.99. The van der Waals surface area contributed by atoms with E-state index in [0.717, 1.165) is 0 Å². The fraction of sp³-hybridized carbons (Fsp3) is 0.250. The van der Waals surface area contributed by atoms with Gasteiger partial charge in [-0.3, -0.25) is 19.7 Å². The molecule has 1 N–H and O–H groups in total. The van der Waals surface area contributed by atoms with E-state index >= 15 is 0 Å². The third-order valence-electron chi connectivity index (χ3n) is 2.76. The zero-order valence-corrected chi connectivity index (χ0v) is 10.4. The van der Waals surface area contributed by atoms with Crippen molar-refractivity contribution in [3.8, 4) is 0 Å². The monoisotopic (exact) mass is 266 g/mol. The van der Waals surface area contributed by atoms with Gasteiger partial charge in [0.05, 0.1) is 0 Å². The van der Waals surface area contributed by atoms with Gasteiger partial charge in [-0.2, -0.15) is 0 Å². The van der Waals surface area contributed by atoms with Crippen molar-refractivity contribution in [2.75, 3.05) is 6.54 Å². The van der Waals surface area contributed by atoms with Crippen LogP contribution in [0, 0.1) is 0 Å². The van der Waals surface area contributed by atoms with Crippen LogP contribution >= 0.6 is 11.6 Å². The van der Waals surface area contributed by atoms with Crippen LogP contribution in [0.3, 0.4) is 0 Å². The molecule has 1 aromatic carbocycles. The number of rotatable bonds is 1. The fourth-order valence-corrected chi connectivity index (χ4v) is 1.94. The average molecular weight is 267 g/mol. The van der Waals surface area contributed by atoms with Gasteiger partial charge in [-0.25, -0.2) is 0 Å². The van der Waals surface area contributed by atoms with Gasteiger partial charge in [-0.05, 0) is 25.1 Å². The number of nitrogens with one attached hydrogen (secondary N) is 1. The molecule has 2 rings (SSSR count). The second-order valence-electron chi connectivity index (χ2n) is 4.03. The molecule has 1 aliphatic heterocycles. The number of carbonyl (C=O) groups excluding carboxylic acids is 3. The van der Waals surface area contributed by atoms with Crippen LogP contribution in [0.2, 0.25) is 5.02 Å². The maximum atomic E-state index is 12.2. The molecule has 0 bridgehead atoms. The van der Waals surface area contributed by atoms with Crippen LogP contribution in [-0.2, 0) is 9.59 Å². The molecule has 0 aromatic heterocycles. The summed E-state index contributed by atoms with van der Waals surface area (Å²) in [6.45, 7) is 1.45. The maximum absolute atomic E-state index is 12.2. The number of amides is 3. The van der Waals surface area contributed by atoms with Gasteiger partial charge >= 0.3 is 0 Å². The number of piperazine rings is 1. The van der Waals surface area contributed by atoms with Crippen LogP contribution < -0.4 is 5.32 Å². The summed E-state index contributed by atoms with van der Waals surface area (Å²) in [5, 5.41) is 2.61. The highest BCUT2D eigenvalue weighted by Crippen LogP contribution is 2.15. The Labute approximate surface area is 109 Å². The summed E-state index contributed by atoms with van der Waals surface area (Å²) in [6, 6.07) is 5.72. The quantitative estimate of drug-likeness (QED) is 0.766. The van der Waals surface area contributed by atoms with Gasteiger partial charge < -0.3 is 4.90 Å². The molecule has 0 saturated carbocycles. The van der Waals surface area contributed by atoms with Gasteiger partial charge in [-0.15, -0.1) is 0 Å². The van der Waals surface area contributed by atoms with Gasteiger partial charge in [0, 0.05) is 10.6 Å². The number of imide groups is 1. The van der Waals surface area contributed by atoms with Crippen LogP contribution in [0.4, 0.5) is 0 Å². The fourth-order valence-electron chi connectivity index (χ4n) is 1.75. The average Bonchev–Trinajstić information content (AvgIpc) is 2.33. The zero-order valence-electron chi connectivity index (χ0n) is 9.64. The molecule has 1 unspecified atom stereocenters. The number of benzene rings is 1. The lowest BCUT2D eigenvalue weighted by Gasteiger charge is -2.31. The first kappa shape index (κ1) is 12.6. The minimum atomic E-state index is -0.672. The van der Waals surface area contributed by atoms with Crippen LogP contribution in [0.5, 0.6) is 0 Å². The topological polar surface area (TPSA) is 66.5 Å². The van der Waals surface area contributed by atoms with Crippen molar-refractivity contribution in [1.29, 1.82) is 0 Å². The van der Waals surface area contributed by atoms with Gasteiger partial charge in [0.15, 0.2) is 0 Å². The first-order valence-corrected chi connectivity index (χ1v) is 5.77. The zero-order chi connectivity index (χ0) is 13.3. The van der Waals surface area contributed by atoms with Crippen molar-refractivity contribution in [3.63, 3.8) is 0 Å². The standard InChI is InChI=1S/C12H11ClN2O3/c1-7-11(17)14-10(16)6-15(7)12(18)8-3-2-4-9(13)5-8/h2-5,7H,6H2,1H3,(H,14,16,17). The van der Waals surface area contributed by atoms with Gasteiger partial charge in [-0.1, -0.05) is 17.7 Å². The maximum Gasteiger partial charge on any atom is 0.255 e. The molecule has 0 radical (unpaired) electrons. The van der Waals surface area contributed by atoms with Gasteiger partial charge in [0.2, 0.25) is 11.8 Å². The highest BCUT2D eigenvalue weighted by atomic mass is 35.5. The second-order valence-corrected chi connectivity index (χ2v) is 4.47. The lowest BCUT2D eigenvalue weighted by atomic mass is 10.1. The molecule has 1 aliphatic rings. The largest absolute Gasteiger partial charge is 0.318 e. The van der Waals surface area contributed by atoms with E-state index in [0.29, 0.717) is 10.6 Å². The number of hydrogen-bond acceptors (Lipinski definition) is 3. The summed E-state index contributed by atoms with van der Waals surface area (Å²) in [5.74, 6) is -1.33. The van der Waals surface area contributed by atoms with Crippen molar-refractivity contribution in [1.82, 2.24) is 10.2 Å². The lowest BCUT2D eigenvalue weighted by molar-refractivity contribution is -0.138. The van der Waals surface area contributed by atoms with Gasteiger partial charge in [0.25, 0.3) is 5.91 Å². The minimum Gasteiger partial charge on any atom is -0.318 e. The number of hydrogen-bond donors (Lipinski definition) is 1. The molecule has 1 heterocycles. The third kappa shape index (κ3) is 2.36. The molecule has 1 fully saturated rings. The number of nitrogens with zero attached hydrogens (tertiary/aromatic N) is 1. The normalized spacial score (nSPS) is 19.7. The molecule has 3 amide bonds. The predicted molar refractivity (Wildman–Crippen MR) is 65.1 cm³/mol. The smallest absolute Gasteiger partial charge is 0.255 e. The van der Waals surface area contributed by atoms with E-state index in [4.69, 9.17) is 11.6 Å². The summed E-state index contributed by atoms with van der Waals surface area (Å²) in [5.41, 5.74) is 0.358. The summed E-state index contributed by atoms with van der Waals surface area (Å²) in [4.78, 5) is 36.2. The highest BCUT2D eigenvalue weighted by molar-refractivity contribution is 6.31. The molecule has 94 valence electrons. The summed E-state index contributed by atoms with van der Waals surface area (Å²) in [6.07, 6.45) is 0. The van der Waals surface area contributed by atoms with Crippen molar-refractivity contribution in [3.05, 3.63) is 34.9 Å². The van der Waals surface area contributed by atoms with Crippen LogP contribution in [0.1, 0.15) is 17.3 Å². The van der Waals surface area contributed by atoms with E-state index in [9.17, 15) is 14.4 Å². The summed E-state index contributed by atoms with van der Waals surface area (Å²) in [7, 11) is 0. The van der Waals surface area contributed by atoms with Crippen molar-refractivity contribution in [2.45, 2.75) is 13.0 Å². The van der Waals surface area contributed by atoms with Crippen molar-refractivity contribution in [2.24, 2.45) is 0 Å². The molecule has 5 nitrogen and oxygen atoms in total. The lowest BCUT2D eigenvalue weighted by Crippen LogP contribution is -2.58. The number of carbonyl (C=O) groups is 3. The number of halogens is 1. The Morgan fingerprint density at radius 1 is 1.44 bits per heavy atom. The SMILES string of the molecule is CC1C(=O)NC(=O)CN1C(=O)c1cccc(Cl)c1. The van der Waals surface area contributed by atoms with E-state index in [1.54, 1.807) is 25.1 Å². The molecule has 1 atom stereocenters. The van der Waals surface area contributed by atoms with Crippen molar-refractivity contribution < 1.29 is 14.4 Å². The van der Waals surface area contributed by atoms with Crippen molar-refractivity contribution >= 4 is 29.3 Å². The Kier molecular flexibility index (Phi) is 3.34. The molecule has 1 aromatic rings. The Balaban J connectivity index is 2.27. The predicted octanol–water partition coefficient (Wildman–Crippen LogP) is 0.827. The summed E-state index contributed by atoms with van der Waals surface area (Å²) >= 11 is 5.80. The molecule has 18 heavy (non-hydrogen) atoms. The molecule has 1 saturated heterocycles. The molecule has 6 heteroatoms. The Morgan fingerprint density at radius 2 is 2.17 bits per heavy atom. The van der Waals surface area contributed by atoms with Crippen LogP contribution in [0.25, 0.3) is 0 Å². The van der Waals surface area contributed by atoms with E-state index in [2.05, 4.69) is 5.32 Å². The molecule has 0 spiro atoms. The Morgan fingerprint density at radius 3 is 2.83 bits per heavy atom. The van der Waals surface area contributed by atoms with E-state index in [-0.39, 0.29) is 12.5 Å². The van der Waals surface area contributed by atoms with E-state index < -0.39 is 17.9 Å². The molecule has 0 aliphatic carbocycles. The first-order valence-electron chi connectivity index (χ1n) is 5.39. The molecular formula is C12H11ClN2O3. The van der Waals surface area contributed by atoms with E-state index in [1.807, 2.05) is 0 Å². The van der Waals surface area contributed by atoms with Gasteiger partial charge in [0.1, 0.15) is 12.6 Å². The Bertz CT molecular complexity index is 530. The second kappa shape index (κ2) is 4.78. The van der Waals surface area contributed by atoms with Crippen LogP contribution in [0.15, 0.2) is 24.3 Å². The van der Waals surface area contributed by atoms with Crippen LogP contribution in [-0.4, -0.2) is 35.2 Å².